The van der Waals surface area contributed by atoms with Gasteiger partial charge >= 0.3 is 75.1 Å². The Morgan fingerprint density at radius 3 is 1.17 bits per heavy atom. The first-order valence-corrected chi connectivity index (χ1v) is 16.0. The second-order valence-electron chi connectivity index (χ2n) is 8.69. The van der Waals surface area contributed by atoms with Gasteiger partial charge in [0.05, 0.1) is 19.3 Å². The number of carbonyl (C=O) groups is 3. The summed E-state index contributed by atoms with van der Waals surface area (Å²) in [7, 11) is 0. The van der Waals surface area contributed by atoms with Crippen molar-refractivity contribution in [2.75, 3.05) is 25.0 Å². The summed E-state index contributed by atoms with van der Waals surface area (Å²) in [6.45, 7) is 26.4. The predicted octanol–water partition coefficient (Wildman–Crippen LogP) is 9.17. The van der Waals surface area contributed by atoms with Crippen molar-refractivity contribution in [3.05, 3.63) is 11.6 Å². The molecule has 2 aliphatic rings. The maximum atomic E-state index is 10.1. The van der Waals surface area contributed by atoms with Crippen LogP contribution in [0.3, 0.4) is 0 Å². The van der Waals surface area contributed by atoms with Crippen LogP contribution in [0.2, 0.25) is 0 Å². The molecule has 284 valence electrons. The Balaban J connectivity index is -0.0000000128. The quantitative estimate of drug-likeness (QED) is 0.0674. The Hall–Kier alpha value is 1.59. The van der Waals surface area contributed by atoms with Crippen molar-refractivity contribution in [1.82, 2.24) is 0 Å². The molecule has 2 rings (SSSR count). The molecule has 46 heavy (non-hydrogen) atoms. The number of carboxylic acid groups (broad SMARTS) is 1. The summed E-state index contributed by atoms with van der Waals surface area (Å²) in [5, 5.41) is 7.42. The summed E-state index contributed by atoms with van der Waals surface area (Å²) in [5.41, 5.74) is 1.44. The molecule has 0 unspecified atom stereocenters. The SMILES string of the molecule is Br.C/C=C(\C)CCCCl.C1CC1.C1CO1.CC.CC(=O)CCCCl.CC(=O)O.CC(=O)OC(C)C.CCC.CCC.[H-].[H-].[H-].[H-].[H-].[H-].[HH].[Mg+2].[Mg+2].[Mg+2].[OH3+].[OH3+]. The molecule has 8 nitrogen and oxygen atoms in total. The second-order valence-corrected chi connectivity index (χ2v) is 9.44. The molecule has 0 aromatic heterocycles. The number of rotatable bonds is 7. The number of esters is 1. The molecule has 0 amide bonds. The average Bonchev–Trinajstić information content (AvgIpc) is 3.75. The van der Waals surface area contributed by atoms with Gasteiger partial charge in [0.2, 0.25) is 0 Å². The number of alkyl halides is 2. The molecule has 0 bridgehead atoms. The number of aliphatic carboxylic acids is 1. The summed E-state index contributed by atoms with van der Waals surface area (Å²) < 4.78 is 9.11. The van der Waals surface area contributed by atoms with Gasteiger partial charge in [0.25, 0.3) is 5.97 Å². The number of allylic oxidation sites excluding steroid dienone is 2. The number of halogens is 3. The molecule has 2 fully saturated rings. The van der Waals surface area contributed by atoms with Crippen LogP contribution in [-0.4, -0.2) is 123 Å². The molecule has 0 atom stereocenters. The summed E-state index contributed by atoms with van der Waals surface area (Å²) in [6.07, 6.45) is 12.9. The van der Waals surface area contributed by atoms with Crippen LogP contribution < -0.4 is 0 Å². The van der Waals surface area contributed by atoms with Crippen molar-refractivity contribution in [1.29, 1.82) is 0 Å². The standard InChI is InChI=1S/C7H13Cl.C5H9ClO.C5H10O2.C3H6.2C3H8.C2H4O2.C2H4O.C2H6.BrH.3Mg.2H2O.H2.6H/c1-3-7(2)5-4-6-8;1-5(7)3-2-4-6;1-4(2)7-5(3)6;1-2-3-1;2*1-3-2;1-2(3)4;1-2-3-1;1-2;;;;;;;;;;;;;/h3H,4-6H2,1-2H3;2-4H2,1H3;4H,1-3H3;1-3H2;2*3H2,1-2H3;1H3,(H,3,4);1-2H2;1-2H3;1H;;;;2*1H2;1H;;;;;;/q;;;;;;;;;;3*+2;;;;6*-1/p+2/b7-3+;;;;;;;;;;;;;;;;;;;;;. The van der Waals surface area contributed by atoms with Crippen LogP contribution in [0.1, 0.15) is 158 Å². The average molecular weight is 820 g/mol. The fraction of sp³-hybridized carbons (Fsp3) is 0.844. The van der Waals surface area contributed by atoms with Gasteiger partial charge in [0.15, 0.2) is 0 Å². The third kappa shape index (κ3) is 293. The van der Waals surface area contributed by atoms with E-state index in [0.29, 0.717) is 12.3 Å². The van der Waals surface area contributed by atoms with Crippen molar-refractivity contribution in [2.24, 2.45) is 0 Å². The first kappa shape index (κ1) is 86.3. The molecular formula is C32H83BrCl2Mg3O8+2. The zero-order valence-corrected chi connectivity index (χ0v) is 39.7. The summed E-state index contributed by atoms with van der Waals surface area (Å²) in [4.78, 5) is 29.2. The van der Waals surface area contributed by atoms with Crippen LogP contribution in [0, 0.1) is 0 Å². The fourth-order valence-electron chi connectivity index (χ4n) is 1.14. The summed E-state index contributed by atoms with van der Waals surface area (Å²) in [5.74, 6) is 0.556. The monoisotopic (exact) mass is 816 g/mol. The van der Waals surface area contributed by atoms with Gasteiger partial charge < -0.3 is 38.9 Å². The van der Waals surface area contributed by atoms with E-state index in [1.54, 1.807) is 6.92 Å². The van der Waals surface area contributed by atoms with Gasteiger partial charge in [0.1, 0.15) is 5.78 Å². The van der Waals surface area contributed by atoms with Crippen molar-refractivity contribution >= 4 is 127 Å². The molecule has 0 aromatic carbocycles. The van der Waals surface area contributed by atoms with Gasteiger partial charge in [-0.05, 0) is 53.9 Å². The molecule has 1 aliphatic carbocycles. The van der Waals surface area contributed by atoms with Gasteiger partial charge in [-0.2, -0.15) is 0 Å². The van der Waals surface area contributed by atoms with E-state index >= 15 is 0 Å². The van der Waals surface area contributed by atoms with Crippen LogP contribution in [0.5, 0.6) is 0 Å². The van der Waals surface area contributed by atoms with Crippen LogP contribution in [0.4, 0.5) is 0 Å². The Kier molecular flexibility index (Phi) is 171. The van der Waals surface area contributed by atoms with Crippen molar-refractivity contribution in [2.45, 2.75) is 154 Å². The van der Waals surface area contributed by atoms with E-state index in [0.717, 1.165) is 45.3 Å². The molecule has 7 N–H and O–H groups in total. The normalized spacial score (nSPS) is 9.43. The number of Topliss-reactive ketones (excluding diaryl/α,β-unsaturated/α-hetero) is 1. The smallest absolute Gasteiger partial charge is 1.00 e. The van der Waals surface area contributed by atoms with Crippen molar-refractivity contribution < 1.29 is 49.9 Å². The van der Waals surface area contributed by atoms with Crippen molar-refractivity contribution in [3.63, 3.8) is 0 Å². The van der Waals surface area contributed by atoms with Crippen LogP contribution in [0.15, 0.2) is 11.6 Å². The maximum absolute atomic E-state index is 10.1. The van der Waals surface area contributed by atoms with E-state index < -0.39 is 5.97 Å². The molecule has 1 saturated carbocycles. The molecule has 0 aromatic rings. The van der Waals surface area contributed by atoms with E-state index in [-0.39, 0.29) is 125 Å². The van der Waals surface area contributed by atoms with Crippen LogP contribution in [0.25, 0.3) is 0 Å². The molecule has 1 saturated heterocycles. The van der Waals surface area contributed by atoms with Gasteiger partial charge in [-0.1, -0.05) is 85.3 Å². The van der Waals surface area contributed by atoms with E-state index in [1.807, 2.05) is 27.7 Å². The van der Waals surface area contributed by atoms with E-state index in [1.165, 1.54) is 44.6 Å². The molecule has 0 spiro atoms. The maximum Gasteiger partial charge on any atom is 2.00 e. The van der Waals surface area contributed by atoms with Gasteiger partial charge in [-0.25, -0.2) is 0 Å². The Morgan fingerprint density at radius 1 is 0.826 bits per heavy atom. The number of hydrogen-bond acceptors (Lipinski definition) is 5. The largest absolute Gasteiger partial charge is 2.00 e. The minimum Gasteiger partial charge on any atom is -1.00 e. The minimum atomic E-state index is -0.833. The predicted molar refractivity (Wildman–Crippen MR) is 224 cm³/mol. The number of carbonyl (C=O) groups excluding carboxylic acids is 2. The second kappa shape index (κ2) is 91.2. The molecule has 14 heteroatoms. The number of hydrogen-bond donors (Lipinski definition) is 1. The zero-order valence-electron chi connectivity index (χ0n) is 38.3. The topological polar surface area (TPSA) is 159 Å². The van der Waals surface area contributed by atoms with E-state index in [4.69, 9.17) is 33.1 Å². The van der Waals surface area contributed by atoms with Gasteiger partial charge in [0, 0.05) is 33.5 Å². The fourth-order valence-corrected chi connectivity index (χ4v) is 1.40. The Morgan fingerprint density at radius 2 is 1.09 bits per heavy atom. The number of carboxylic acids is 1. The van der Waals surface area contributed by atoms with E-state index in [2.05, 4.69) is 57.1 Å². The third-order valence-electron chi connectivity index (χ3n) is 2.82. The van der Waals surface area contributed by atoms with Crippen molar-refractivity contribution in [3.8, 4) is 0 Å². The van der Waals surface area contributed by atoms with Crippen LogP contribution >= 0.6 is 40.2 Å². The number of ether oxygens (including phenoxy) is 2. The zero-order chi connectivity index (χ0) is 33.2. The Labute approximate surface area is 364 Å². The molecule has 0 radical (unpaired) electrons. The third-order valence-corrected chi connectivity index (χ3v) is 3.35. The summed E-state index contributed by atoms with van der Waals surface area (Å²) in [6, 6.07) is 0. The molecule has 1 heterocycles. The Bertz CT molecular complexity index is 532. The van der Waals surface area contributed by atoms with Crippen LogP contribution in [-0.2, 0) is 34.8 Å². The molecular weight excluding hydrogens is 736 g/mol. The van der Waals surface area contributed by atoms with E-state index in [9.17, 15) is 9.59 Å². The summed E-state index contributed by atoms with van der Waals surface area (Å²) >= 11 is 10.8. The first-order valence-electron chi connectivity index (χ1n) is 14.9. The number of ketones is 1. The minimum absolute atomic E-state index is 0. The molecule has 1 aliphatic heterocycles. The van der Waals surface area contributed by atoms with Gasteiger partial charge in [-0.15, -0.1) is 40.2 Å². The van der Waals surface area contributed by atoms with Gasteiger partial charge in [-0.3, -0.25) is 9.59 Å². The number of epoxide rings is 1. The first-order chi connectivity index (χ1) is 18.8.